The quantitative estimate of drug-likeness (QED) is 0.923. The van der Waals surface area contributed by atoms with E-state index in [-0.39, 0.29) is 12.1 Å². The van der Waals surface area contributed by atoms with Crippen molar-refractivity contribution < 1.29 is 0 Å². The Hall–Kier alpha value is -1.39. The minimum Gasteiger partial charge on any atom is -0.326 e. The summed E-state index contributed by atoms with van der Waals surface area (Å²) >= 11 is 3.39. The molecular weight excluding hydrogens is 280 g/mol. The number of rotatable bonds is 2. The third kappa shape index (κ3) is 2.33. The lowest BCUT2D eigenvalue weighted by Crippen LogP contribution is -2.23. The minimum atomic E-state index is -0.0343. The van der Waals surface area contributed by atoms with Gasteiger partial charge >= 0.3 is 0 Å². The van der Waals surface area contributed by atoms with Crippen LogP contribution in [0.15, 0.2) is 45.7 Å². The largest absolute Gasteiger partial charge is 0.326 e. The molecule has 0 aliphatic rings. The zero-order valence-corrected chi connectivity index (χ0v) is 11.1. The van der Waals surface area contributed by atoms with Crippen LogP contribution in [-0.4, -0.2) is 4.57 Å². The van der Waals surface area contributed by atoms with Crippen LogP contribution in [0.3, 0.4) is 0 Å². The van der Waals surface area contributed by atoms with Crippen molar-refractivity contribution in [2.75, 3.05) is 0 Å². The van der Waals surface area contributed by atoms with Crippen LogP contribution in [0.1, 0.15) is 5.56 Å². The second-order valence-corrected chi connectivity index (χ2v) is 4.73. The predicted molar refractivity (Wildman–Crippen MR) is 72.7 cm³/mol. The lowest BCUT2D eigenvalue weighted by molar-refractivity contribution is 0.839. The molecule has 1 aromatic carbocycles. The molecular formula is C13H13BrN2O. The molecule has 0 bridgehead atoms. The summed E-state index contributed by atoms with van der Waals surface area (Å²) in [6.07, 6.45) is 0. The fourth-order valence-electron chi connectivity index (χ4n) is 1.75. The summed E-state index contributed by atoms with van der Waals surface area (Å²) in [5.74, 6) is 0. The molecule has 0 atom stereocenters. The maximum Gasteiger partial charge on any atom is 0.255 e. The maximum atomic E-state index is 11.9. The van der Waals surface area contributed by atoms with E-state index >= 15 is 0 Å². The third-order valence-corrected chi connectivity index (χ3v) is 3.27. The van der Waals surface area contributed by atoms with Gasteiger partial charge in [0.2, 0.25) is 0 Å². The van der Waals surface area contributed by atoms with Crippen molar-refractivity contribution in [3.63, 3.8) is 0 Å². The van der Waals surface area contributed by atoms with Gasteiger partial charge < -0.3 is 10.3 Å². The fraction of sp³-hybridized carbons (Fsp3) is 0.154. The zero-order valence-electron chi connectivity index (χ0n) is 9.48. The summed E-state index contributed by atoms with van der Waals surface area (Å²) in [7, 11) is 1.76. The molecule has 1 heterocycles. The summed E-state index contributed by atoms with van der Waals surface area (Å²) in [4.78, 5) is 11.9. The molecule has 0 spiro atoms. The van der Waals surface area contributed by atoms with Crippen LogP contribution in [0.25, 0.3) is 11.3 Å². The molecule has 0 amide bonds. The molecule has 0 aliphatic heterocycles. The normalized spacial score (nSPS) is 10.5. The van der Waals surface area contributed by atoms with E-state index in [2.05, 4.69) is 15.9 Å². The predicted octanol–water partition coefficient (Wildman–Crippen LogP) is 2.27. The minimum absolute atomic E-state index is 0.0343. The Bertz CT molecular complexity index is 587. The number of hydrogen-bond donors (Lipinski definition) is 1. The van der Waals surface area contributed by atoms with Crippen LogP contribution in [0.5, 0.6) is 0 Å². The Labute approximate surface area is 108 Å². The summed E-state index contributed by atoms with van der Waals surface area (Å²) in [5.41, 5.74) is 8.01. The number of nitrogens with zero attached hydrogens (tertiary/aromatic N) is 1. The average molecular weight is 293 g/mol. The average Bonchev–Trinajstić information content (AvgIpc) is 2.34. The van der Waals surface area contributed by atoms with Gasteiger partial charge in [-0.1, -0.05) is 34.1 Å². The molecule has 0 saturated heterocycles. The van der Waals surface area contributed by atoms with Crippen molar-refractivity contribution in [1.29, 1.82) is 0 Å². The van der Waals surface area contributed by atoms with Gasteiger partial charge in [0.25, 0.3) is 5.56 Å². The molecule has 0 fully saturated rings. The lowest BCUT2D eigenvalue weighted by Gasteiger charge is -2.09. The molecule has 0 saturated carbocycles. The van der Waals surface area contributed by atoms with Crippen LogP contribution >= 0.6 is 15.9 Å². The second-order valence-electron chi connectivity index (χ2n) is 3.82. The first-order valence-corrected chi connectivity index (χ1v) is 6.07. The molecule has 0 aliphatic carbocycles. The monoisotopic (exact) mass is 292 g/mol. The Morgan fingerprint density at radius 2 is 1.82 bits per heavy atom. The Morgan fingerprint density at radius 3 is 2.41 bits per heavy atom. The highest BCUT2D eigenvalue weighted by Crippen LogP contribution is 2.20. The number of benzene rings is 1. The Balaban J connectivity index is 2.57. The van der Waals surface area contributed by atoms with E-state index in [1.807, 2.05) is 30.3 Å². The molecule has 88 valence electrons. The highest BCUT2D eigenvalue weighted by Gasteiger charge is 2.06. The fourth-order valence-corrected chi connectivity index (χ4v) is 2.02. The molecule has 2 rings (SSSR count). The van der Waals surface area contributed by atoms with Crippen LogP contribution in [0.4, 0.5) is 0 Å². The standard InChI is InChI=1S/C13H13BrN2O/c1-16-12(7-4-10(8-15)13(16)17)9-2-5-11(14)6-3-9/h2-7H,8,15H2,1H3. The SMILES string of the molecule is Cn1c(-c2ccc(Br)cc2)ccc(CN)c1=O. The molecule has 3 nitrogen and oxygen atoms in total. The molecule has 2 aromatic rings. The van der Waals surface area contributed by atoms with Crippen molar-refractivity contribution in [1.82, 2.24) is 4.57 Å². The molecule has 17 heavy (non-hydrogen) atoms. The first-order valence-electron chi connectivity index (χ1n) is 5.28. The number of hydrogen-bond acceptors (Lipinski definition) is 2. The number of aromatic nitrogens is 1. The first-order chi connectivity index (χ1) is 8.13. The lowest BCUT2D eigenvalue weighted by atomic mass is 10.1. The van der Waals surface area contributed by atoms with E-state index in [4.69, 9.17) is 5.73 Å². The van der Waals surface area contributed by atoms with Gasteiger partial charge in [-0.25, -0.2) is 0 Å². The van der Waals surface area contributed by atoms with Crippen LogP contribution in [0, 0.1) is 0 Å². The number of nitrogens with two attached hydrogens (primary N) is 1. The topological polar surface area (TPSA) is 48.0 Å². The van der Waals surface area contributed by atoms with E-state index in [1.165, 1.54) is 0 Å². The van der Waals surface area contributed by atoms with Gasteiger partial charge in [0.15, 0.2) is 0 Å². The highest BCUT2D eigenvalue weighted by atomic mass is 79.9. The first kappa shape index (κ1) is 12.1. The van der Waals surface area contributed by atoms with Crippen molar-refractivity contribution in [2.24, 2.45) is 12.8 Å². The van der Waals surface area contributed by atoms with E-state index in [9.17, 15) is 4.79 Å². The van der Waals surface area contributed by atoms with Crippen molar-refractivity contribution in [2.45, 2.75) is 6.54 Å². The Morgan fingerprint density at radius 1 is 1.18 bits per heavy atom. The second kappa shape index (κ2) is 4.85. The van der Waals surface area contributed by atoms with E-state index < -0.39 is 0 Å². The summed E-state index contributed by atoms with van der Waals surface area (Å²) in [6, 6.07) is 11.6. The van der Waals surface area contributed by atoms with Gasteiger partial charge in [-0.15, -0.1) is 0 Å². The molecule has 0 radical (unpaired) electrons. The summed E-state index contributed by atoms with van der Waals surface area (Å²) in [6.45, 7) is 0.271. The molecule has 1 aromatic heterocycles. The van der Waals surface area contributed by atoms with Crippen LogP contribution in [0.2, 0.25) is 0 Å². The van der Waals surface area contributed by atoms with Gasteiger partial charge in [-0.2, -0.15) is 0 Å². The summed E-state index contributed by atoms with van der Waals surface area (Å²) < 4.78 is 2.65. The van der Waals surface area contributed by atoms with Gasteiger partial charge in [-0.3, -0.25) is 4.79 Å². The molecule has 2 N–H and O–H groups in total. The molecule has 4 heteroatoms. The van der Waals surface area contributed by atoms with Gasteiger partial charge in [0.1, 0.15) is 0 Å². The maximum absolute atomic E-state index is 11.9. The third-order valence-electron chi connectivity index (χ3n) is 2.74. The van der Waals surface area contributed by atoms with Crippen LogP contribution in [-0.2, 0) is 13.6 Å². The van der Waals surface area contributed by atoms with Gasteiger partial charge in [0.05, 0.1) is 5.69 Å². The highest BCUT2D eigenvalue weighted by molar-refractivity contribution is 9.10. The van der Waals surface area contributed by atoms with Gasteiger partial charge in [-0.05, 0) is 23.8 Å². The Kier molecular flexibility index (Phi) is 3.45. The van der Waals surface area contributed by atoms with Crippen LogP contribution < -0.4 is 11.3 Å². The van der Waals surface area contributed by atoms with Crippen molar-refractivity contribution >= 4 is 15.9 Å². The smallest absolute Gasteiger partial charge is 0.255 e. The van der Waals surface area contributed by atoms with Crippen molar-refractivity contribution in [3.05, 3.63) is 56.8 Å². The van der Waals surface area contributed by atoms with E-state index in [0.717, 1.165) is 15.7 Å². The number of halogens is 1. The summed E-state index contributed by atoms with van der Waals surface area (Å²) in [5, 5.41) is 0. The van der Waals surface area contributed by atoms with Gasteiger partial charge in [0, 0.05) is 23.6 Å². The number of pyridine rings is 1. The molecule has 0 unspecified atom stereocenters. The van der Waals surface area contributed by atoms with E-state index in [0.29, 0.717) is 5.56 Å². The zero-order chi connectivity index (χ0) is 12.4. The van der Waals surface area contributed by atoms with E-state index in [1.54, 1.807) is 17.7 Å². The van der Waals surface area contributed by atoms with Crippen molar-refractivity contribution in [3.8, 4) is 11.3 Å².